The highest BCUT2D eigenvalue weighted by molar-refractivity contribution is 7.99. The zero-order valence-electron chi connectivity index (χ0n) is 15.9. The predicted molar refractivity (Wildman–Crippen MR) is 112 cm³/mol. The van der Waals surface area contributed by atoms with E-state index in [4.69, 9.17) is 20.9 Å². The minimum absolute atomic E-state index is 0.277. The van der Waals surface area contributed by atoms with Gasteiger partial charge in [0.05, 0.1) is 11.4 Å². The van der Waals surface area contributed by atoms with Crippen molar-refractivity contribution in [3.63, 3.8) is 0 Å². The number of aromatic nitrogens is 1. The standard InChI is InChI=1S/C21H19ClN2O4S/c1-3-16-20(13(2)28-24-16)21(26)27-12-19(25)23-17-6-4-5-7-18(17)29-15-10-8-14(22)9-11-15/h4-11H,3,12H2,1-2H3,(H,23,25). The Kier molecular flexibility index (Phi) is 6.95. The van der Waals surface area contributed by atoms with E-state index in [1.54, 1.807) is 13.0 Å². The van der Waals surface area contributed by atoms with Crippen LogP contribution in [0.3, 0.4) is 0 Å². The van der Waals surface area contributed by atoms with Crippen molar-refractivity contribution in [2.75, 3.05) is 11.9 Å². The summed E-state index contributed by atoms with van der Waals surface area (Å²) in [5.41, 5.74) is 1.42. The molecular formula is C21H19ClN2O4S. The molecule has 0 aliphatic rings. The van der Waals surface area contributed by atoms with Crippen LogP contribution in [0.5, 0.6) is 0 Å². The van der Waals surface area contributed by atoms with Crippen LogP contribution >= 0.6 is 23.4 Å². The van der Waals surface area contributed by atoms with Gasteiger partial charge in [0.25, 0.3) is 5.91 Å². The molecular weight excluding hydrogens is 412 g/mol. The average Bonchev–Trinajstić information content (AvgIpc) is 3.10. The number of carbonyl (C=O) groups is 2. The van der Waals surface area contributed by atoms with Gasteiger partial charge in [-0.2, -0.15) is 0 Å². The van der Waals surface area contributed by atoms with Crippen LogP contribution in [0, 0.1) is 6.92 Å². The fourth-order valence-electron chi connectivity index (χ4n) is 2.60. The predicted octanol–water partition coefficient (Wildman–Crippen LogP) is 5.15. The van der Waals surface area contributed by atoms with Crippen molar-refractivity contribution >= 4 is 40.9 Å². The Hall–Kier alpha value is -2.77. The summed E-state index contributed by atoms with van der Waals surface area (Å²) in [6, 6.07) is 14.8. The van der Waals surface area contributed by atoms with Crippen molar-refractivity contribution in [1.82, 2.24) is 5.16 Å². The van der Waals surface area contributed by atoms with Gasteiger partial charge in [-0.05, 0) is 49.7 Å². The van der Waals surface area contributed by atoms with Crippen LogP contribution in [-0.4, -0.2) is 23.6 Å². The van der Waals surface area contributed by atoms with E-state index in [9.17, 15) is 9.59 Å². The summed E-state index contributed by atoms with van der Waals surface area (Å²) in [7, 11) is 0. The van der Waals surface area contributed by atoms with E-state index in [2.05, 4.69) is 10.5 Å². The molecule has 0 unspecified atom stereocenters. The van der Waals surface area contributed by atoms with Gasteiger partial charge in [-0.25, -0.2) is 4.79 Å². The third-order valence-electron chi connectivity index (χ3n) is 4.01. The third kappa shape index (κ3) is 5.40. The first-order valence-corrected chi connectivity index (χ1v) is 10.1. The molecule has 1 aromatic heterocycles. The molecule has 0 aliphatic carbocycles. The molecule has 0 saturated heterocycles. The van der Waals surface area contributed by atoms with Crippen LogP contribution < -0.4 is 5.32 Å². The van der Waals surface area contributed by atoms with Gasteiger partial charge in [0, 0.05) is 14.8 Å². The lowest BCUT2D eigenvalue weighted by Gasteiger charge is -2.11. The maximum absolute atomic E-state index is 12.3. The highest BCUT2D eigenvalue weighted by atomic mass is 35.5. The molecule has 0 spiro atoms. The van der Waals surface area contributed by atoms with Crippen LogP contribution in [0.15, 0.2) is 62.8 Å². The lowest BCUT2D eigenvalue weighted by molar-refractivity contribution is -0.119. The molecule has 0 bridgehead atoms. The molecule has 1 amide bonds. The fourth-order valence-corrected chi connectivity index (χ4v) is 3.63. The van der Waals surface area contributed by atoms with Crippen LogP contribution in [0.4, 0.5) is 5.69 Å². The number of halogens is 1. The molecule has 0 fully saturated rings. The van der Waals surface area contributed by atoms with Gasteiger partial charge in [-0.15, -0.1) is 0 Å². The lowest BCUT2D eigenvalue weighted by Crippen LogP contribution is -2.21. The van der Waals surface area contributed by atoms with E-state index in [1.807, 2.05) is 49.4 Å². The number of carbonyl (C=O) groups excluding carboxylic acids is 2. The lowest BCUT2D eigenvalue weighted by atomic mass is 10.1. The number of hydrogen-bond donors (Lipinski definition) is 1. The number of rotatable bonds is 7. The molecule has 1 N–H and O–H groups in total. The Balaban J connectivity index is 1.63. The minimum atomic E-state index is -0.625. The highest BCUT2D eigenvalue weighted by Gasteiger charge is 2.21. The summed E-state index contributed by atoms with van der Waals surface area (Å²) in [5, 5.41) is 7.26. The van der Waals surface area contributed by atoms with Crippen molar-refractivity contribution in [3.05, 3.63) is 70.6 Å². The summed E-state index contributed by atoms with van der Waals surface area (Å²) < 4.78 is 10.2. The van der Waals surface area contributed by atoms with E-state index < -0.39 is 18.5 Å². The normalized spacial score (nSPS) is 10.6. The molecule has 6 nitrogen and oxygen atoms in total. The zero-order valence-corrected chi connectivity index (χ0v) is 17.5. The van der Waals surface area contributed by atoms with Gasteiger partial charge >= 0.3 is 5.97 Å². The first-order chi connectivity index (χ1) is 14.0. The second-order valence-corrected chi connectivity index (χ2v) is 7.64. The minimum Gasteiger partial charge on any atom is -0.452 e. The van der Waals surface area contributed by atoms with Gasteiger partial charge in [-0.1, -0.05) is 47.6 Å². The molecule has 8 heteroatoms. The van der Waals surface area contributed by atoms with Gasteiger partial charge in [0.1, 0.15) is 11.3 Å². The SMILES string of the molecule is CCc1noc(C)c1C(=O)OCC(=O)Nc1ccccc1Sc1ccc(Cl)cc1. The number of amides is 1. The number of anilines is 1. The number of nitrogens with one attached hydrogen (secondary N) is 1. The van der Waals surface area contributed by atoms with Crippen molar-refractivity contribution in [2.45, 2.75) is 30.1 Å². The molecule has 150 valence electrons. The topological polar surface area (TPSA) is 81.4 Å². The highest BCUT2D eigenvalue weighted by Crippen LogP contribution is 2.33. The number of esters is 1. The van der Waals surface area contributed by atoms with E-state index in [1.165, 1.54) is 11.8 Å². The third-order valence-corrected chi connectivity index (χ3v) is 5.35. The maximum atomic E-state index is 12.3. The molecule has 1 heterocycles. The summed E-state index contributed by atoms with van der Waals surface area (Å²) in [5.74, 6) is -0.689. The number of aryl methyl sites for hydroxylation is 2. The Morgan fingerprint density at radius 2 is 1.90 bits per heavy atom. The summed E-state index contributed by atoms with van der Waals surface area (Å²) >= 11 is 7.42. The molecule has 0 aliphatic heterocycles. The maximum Gasteiger partial charge on any atom is 0.344 e. The van der Waals surface area contributed by atoms with Crippen molar-refractivity contribution < 1.29 is 18.8 Å². The molecule has 2 aromatic carbocycles. The summed E-state index contributed by atoms with van der Waals surface area (Å²) in [6.45, 7) is 3.08. The van der Waals surface area contributed by atoms with Gasteiger partial charge in [-0.3, -0.25) is 4.79 Å². The Morgan fingerprint density at radius 3 is 2.62 bits per heavy atom. The van der Waals surface area contributed by atoms with Gasteiger partial charge < -0.3 is 14.6 Å². The van der Waals surface area contributed by atoms with E-state index in [0.29, 0.717) is 28.6 Å². The van der Waals surface area contributed by atoms with Crippen LogP contribution in [-0.2, 0) is 16.0 Å². The molecule has 29 heavy (non-hydrogen) atoms. The molecule has 0 saturated carbocycles. The van der Waals surface area contributed by atoms with E-state index >= 15 is 0 Å². The largest absolute Gasteiger partial charge is 0.452 e. The molecule has 0 radical (unpaired) electrons. The van der Waals surface area contributed by atoms with Crippen LogP contribution in [0.1, 0.15) is 28.7 Å². The van der Waals surface area contributed by atoms with Crippen molar-refractivity contribution in [3.8, 4) is 0 Å². The Labute approximate surface area is 177 Å². The first kappa shape index (κ1) is 21.0. The summed E-state index contributed by atoms with van der Waals surface area (Å²) in [6.07, 6.45) is 0.531. The molecule has 3 aromatic rings. The number of para-hydroxylation sites is 1. The number of benzene rings is 2. The second kappa shape index (κ2) is 9.62. The van der Waals surface area contributed by atoms with E-state index in [-0.39, 0.29) is 5.56 Å². The monoisotopic (exact) mass is 430 g/mol. The van der Waals surface area contributed by atoms with Gasteiger partial charge in [0.2, 0.25) is 0 Å². The van der Waals surface area contributed by atoms with Crippen LogP contribution in [0.25, 0.3) is 0 Å². The smallest absolute Gasteiger partial charge is 0.344 e. The quantitative estimate of drug-likeness (QED) is 0.522. The fraction of sp³-hybridized carbons (Fsp3) is 0.190. The Bertz CT molecular complexity index is 1020. The Morgan fingerprint density at radius 1 is 1.17 bits per heavy atom. The van der Waals surface area contributed by atoms with Crippen molar-refractivity contribution in [2.24, 2.45) is 0 Å². The average molecular weight is 431 g/mol. The first-order valence-electron chi connectivity index (χ1n) is 8.92. The number of ether oxygens (including phenoxy) is 1. The molecule has 0 atom stereocenters. The van der Waals surface area contributed by atoms with Crippen molar-refractivity contribution in [1.29, 1.82) is 0 Å². The summed E-state index contributed by atoms with van der Waals surface area (Å²) in [4.78, 5) is 26.4. The van der Waals surface area contributed by atoms with Gasteiger partial charge in [0.15, 0.2) is 6.61 Å². The van der Waals surface area contributed by atoms with Crippen LogP contribution in [0.2, 0.25) is 5.02 Å². The van der Waals surface area contributed by atoms with E-state index in [0.717, 1.165) is 9.79 Å². The zero-order chi connectivity index (χ0) is 20.8. The molecule has 3 rings (SSSR count). The number of nitrogens with zero attached hydrogens (tertiary/aromatic N) is 1. The second-order valence-electron chi connectivity index (χ2n) is 6.09. The number of hydrogen-bond acceptors (Lipinski definition) is 6.